The minimum atomic E-state index is -0.459. The van der Waals surface area contributed by atoms with E-state index in [0.29, 0.717) is 34.7 Å². The molecule has 0 aliphatic carbocycles. The minimum Gasteiger partial charge on any atom is -0.454 e. The van der Waals surface area contributed by atoms with Gasteiger partial charge in [-0.2, -0.15) is 0 Å². The molecule has 3 heterocycles. The van der Waals surface area contributed by atoms with E-state index >= 15 is 0 Å². The van der Waals surface area contributed by atoms with Crippen LogP contribution in [0.25, 0.3) is 0 Å². The minimum absolute atomic E-state index is 0.0211. The van der Waals surface area contributed by atoms with Crippen molar-refractivity contribution in [3.8, 4) is 11.5 Å². The first-order chi connectivity index (χ1) is 18.6. The van der Waals surface area contributed by atoms with Gasteiger partial charge in [-0.3, -0.25) is 14.6 Å². The number of hydrogen-bond donors (Lipinski definition) is 0. The number of hydrogen-bond acceptors (Lipinski definition) is 7. The number of piperazine rings is 1. The summed E-state index contributed by atoms with van der Waals surface area (Å²) in [5.41, 5.74) is 2.02. The molecule has 0 radical (unpaired) electrons. The lowest BCUT2D eigenvalue weighted by molar-refractivity contribution is -0.00206. The highest BCUT2D eigenvalue weighted by molar-refractivity contribution is 6.09. The van der Waals surface area contributed by atoms with E-state index in [-0.39, 0.29) is 24.7 Å². The van der Waals surface area contributed by atoms with Crippen molar-refractivity contribution in [3.63, 3.8) is 0 Å². The number of carbonyl (C=O) groups is 2. The van der Waals surface area contributed by atoms with Crippen LogP contribution in [0.4, 0.5) is 4.79 Å². The Morgan fingerprint density at radius 3 is 2.26 bits per heavy atom. The van der Waals surface area contributed by atoms with Crippen LogP contribution in [0.2, 0.25) is 0 Å². The van der Waals surface area contributed by atoms with Crippen LogP contribution in [0, 0.1) is 0 Å². The average Bonchev–Trinajstić information content (AvgIpc) is 3.39. The van der Waals surface area contributed by atoms with Gasteiger partial charge in [0.2, 0.25) is 6.79 Å². The summed E-state index contributed by atoms with van der Waals surface area (Å²) in [5.74, 6) is 1.27. The number of nitrogens with zero attached hydrogens (tertiary/aromatic N) is 3. The predicted octanol–water partition coefficient (Wildman–Crippen LogP) is 5.11. The van der Waals surface area contributed by atoms with Crippen molar-refractivity contribution in [3.05, 3.63) is 59.2 Å². The van der Waals surface area contributed by atoms with E-state index in [0.717, 1.165) is 45.6 Å². The van der Waals surface area contributed by atoms with Crippen molar-refractivity contribution >= 4 is 11.9 Å². The van der Waals surface area contributed by atoms with Crippen LogP contribution >= 0.6 is 0 Å². The first-order valence-electron chi connectivity index (χ1n) is 14.1. The Morgan fingerprint density at radius 1 is 0.923 bits per heavy atom. The predicted molar refractivity (Wildman–Crippen MR) is 149 cm³/mol. The largest absolute Gasteiger partial charge is 0.454 e. The number of likely N-dealkylation sites (tertiary alicyclic amines) is 1. The highest BCUT2D eigenvalue weighted by Crippen LogP contribution is 2.33. The van der Waals surface area contributed by atoms with E-state index < -0.39 is 5.60 Å². The molecule has 0 saturated carbocycles. The zero-order valence-electron chi connectivity index (χ0n) is 23.8. The van der Waals surface area contributed by atoms with Crippen LogP contribution in [0.3, 0.4) is 0 Å². The lowest BCUT2D eigenvalue weighted by atomic mass is 9.97. The van der Waals surface area contributed by atoms with E-state index in [1.54, 1.807) is 18.2 Å². The molecule has 0 spiro atoms. The van der Waals surface area contributed by atoms with Crippen molar-refractivity contribution < 1.29 is 23.8 Å². The fourth-order valence-electron chi connectivity index (χ4n) is 5.96. The van der Waals surface area contributed by atoms with Crippen LogP contribution in [0.15, 0.2) is 42.5 Å². The third kappa shape index (κ3) is 6.23. The highest BCUT2D eigenvalue weighted by Gasteiger charge is 2.34. The number of piperidine rings is 1. The number of fused-ring (bicyclic) bond motifs is 1. The van der Waals surface area contributed by atoms with E-state index in [2.05, 4.69) is 35.8 Å². The molecule has 0 bridgehead atoms. The summed E-state index contributed by atoms with van der Waals surface area (Å²) < 4.78 is 16.3. The second-order valence-corrected chi connectivity index (χ2v) is 12.0. The van der Waals surface area contributed by atoms with Gasteiger partial charge in [-0.25, -0.2) is 4.79 Å². The molecule has 0 aromatic heterocycles. The van der Waals surface area contributed by atoms with Crippen molar-refractivity contribution in [1.29, 1.82) is 0 Å². The Hall–Kier alpha value is -3.10. The summed E-state index contributed by atoms with van der Waals surface area (Å²) in [6.45, 7) is 15.0. The third-order valence-corrected chi connectivity index (χ3v) is 8.13. The summed E-state index contributed by atoms with van der Waals surface area (Å²) >= 11 is 0. The number of ether oxygens (including phenoxy) is 3. The van der Waals surface area contributed by atoms with Gasteiger partial charge in [0.1, 0.15) is 5.60 Å². The fourth-order valence-corrected chi connectivity index (χ4v) is 5.96. The molecule has 2 aromatic rings. The maximum absolute atomic E-state index is 13.0. The van der Waals surface area contributed by atoms with E-state index in [9.17, 15) is 9.59 Å². The summed E-state index contributed by atoms with van der Waals surface area (Å²) in [4.78, 5) is 32.5. The molecule has 2 saturated heterocycles. The van der Waals surface area contributed by atoms with Gasteiger partial charge in [0, 0.05) is 62.0 Å². The summed E-state index contributed by atoms with van der Waals surface area (Å²) in [6.07, 6.45) is 1.78. The topological polar surface area (TPSA) is 71.6 Å². The van der Waals surface area contributed by atoms with E-state index in [1.165, 1.54) is 5.56 Å². The Bertz CT molecular complexity index is 1180. The summed E-state index contributed by atoms with van der Waals surface area (Å²) in [6, 6.07) is 14.5. The average molecular weight is 536 g/mol. The van der Waals surface area contributed by atoms with Gasteiger partial charge in [0.25, 0.3) is 0 Å². The first-order valence-corrected chi connectivity index (χ1v) is 14.1. The van der Waals surface area contributed by atoms with Gasteiger partial charge in [-0.15, -0.1) is 0 Å². The molecule has 3 aliphatic heterocycles. The molecule has 8 nitrogen and oxygen atoms in total. The van der Waals surface area contributed by atoms with Crippen molar-refractivity contribution in [1.82, 2.24) is 14.7 Å². The monoisotopic (exact) mass is 535 g/mol. The molecular formula is C31H41N3O5. The molecule has 8 heteroatoms. The van der Waals surface area contributed by atoms with Gasteiger partial charge >= 0.3 is 6.09 Å². The Kier molecular flexibility index (Phi) is 7.87. The fraction of sp³-hybridized carbons (Fsp3) is 0.548. The second-order valence-electron chi connectivity index (χ2n) is 12.0. The SMILES string of the molecule is C[C@@H]1CN(C2CCN(C(=O)OC(C)(C)C)CC2)CCN1[C@@H](C)c1ccc(C(=O)c2ccc3c(c2)OCO3)cc1. The molecule has 0 N–H and O–H groups in total. The van der Waals surface area contributed by atoms with Crippen molar-refractivity contribution in [2.24, 2.45) is 0 Å². The molecule has 2 atom stereocenters. The molecule has 0 unspecified atom stereocenters. The molecule has 1 amide bonds. The zero-order valence-corrected chi connectivity index (χ0v) is 23.8. The lowest BCUT2D eigenvalue weighted by Crippen LogP contribution is -2.57. The molecule has 2 fully saturated rings. The van der Waals surface area contributed by atoms with Crippen LogP contribution in [-0.4, -0.2) is 83.8 Å². The quantitative estimate of drug-likeness (QED) is 0.493. The Labute approximate surface area is 231 Å². The zero-order chi connectivity index (χ0) is 27.7. The number of benzene rings is 2. The van der Waals surface area contributed by atoms with Crippen molar-refractivity contribution in [2.45, 2.75) is 71.2 Å². The number of rotatable bonds is 5. The van der Waals surface area contributed by atoms with Gasteiger partial charge in [-0.05, 0) is 71.2 Å². The molecule has 3 aliphatic rings. The standard InChI is InChI=1S/C31H41N3O5/c1-21-19-33(26-12-14-32(15-13-26)30(36)39-31(3,4)5)16-17-34(21)22(2)23-6-8-24(9-7-23)29(35)25-10-11-27-28(18-25)38-20-37-27/h6-11,18,21-22,26H,12-17,19-20H2,1-5H3/t21-,22+/m1/s1. The van der Waals surface area contributed by atoms with Crippen LogP contribution in [0.5, 0.6) is 11.5 Å². The van der Waals surface area contributed by atoms with E-state index in [4.69, 9.17) is 14.2 Å². The number of ketones is 1. The second kappa shape index (κ2) is 11.2. The van der Waals surface area contributed by atoms with Crippen molar-refractivity contribution in [2.75, 3.05) is 39.5 Å². The molecule has 5 rings (SSSR count). The van der Waals surface area contributed by atoms with Crippen LogP contribution in [-0.2, 0) is 4.74 Å². The molecule has 210 valence electrons. The summed E-state index contributed by atoms with van der Waals surface area (Å²) in [7, 11) is 0. The van der Waals surface area contributed by atoms with Gasteiger partial charge in [0.05, 0.1) is 0 Å². The molecular weight excluding hydrogens is 494 g/mol. The number of amides is 1. The van der Waals surface area contributed by atoms with E-state index in [1.807, 2.05) is 37.8 Å². The third-order valence-electron chi connectivity index (χ3n) is 8.13. The maximum atomic E-state index is 13.0. The van der Waals surface area contributed by atoms with Gasteiger partial charge < -0.3 is 19.1 Å². The number of carbonyl (C=O) groups excluding carboxylic acids is 2. The molecule has 2 aromatic carbocycles. The smallest absolute Gasteiger partial charge is 0.410 e. The highest BCUT2D eigenvalue weighted by atomic mass is 16.7. The summed E-state index contributed by atoms with van der Waals surface area (Å²) in [5, 5.41) is 0. The van der Waals surface area contributed by atoms with Crippen LogP contribution in [0.1, 0.15) is 75.0 Å². The lowest BCUT2D eigenvalue weighted by Gasteiger charge is -2.47. The Morgan fingerprint density at radius 2 is 1.59 bits per heavy atom. The normalized spacial score (nSPS) is 21.6. The van der Waals surface area contributed by atoms with Gasteiger partial charge in [0.15, 0.2) is 17.3 Å². The van der Waals surface area contributed by atoms with Crippen LogP contribution < -0.4 is 9.47 Å². The maximum Gasteiger partial charge on any atom is 0.410 e. The molecule has 39 heavy (non-hydrogen) atoms. The van der Waals surface area contributed by atoms with Gasteiger partial charge in [-0.1, -0.05) is 24.3 Å². The Balaban J connectivity index is 1.14. The first kappa shape index (κ1) is 27.5.